The van der Waals surface area contributed by atoms with Gasteiger partial charge in [0.2, 0.25) is 0 Å². The normalized spacial score (nSPS) is 30.2. The van der Waals surface area contributed by atoms with Crippen LogP contribution in [0.4, 0.5) is 0 Å². The molecule has 2 heterocycles. The van der Waals surface area contributed by atoms with Crippen LogP contribution in [0.25, 0.3) is 10.9 Å². The first-order valence-electron chi connectivity index (χ1n) is 12.4. The fourth-order valence-electron chi connectivity index (χ4n) is 6.98. The highest BCUT2D eigenvalue weighted by Crippen LogP contribution is 2.55. The van der Waals surface area contributed by atoms with Gasteiger partial charge in [0.05, 0.1) is 11.2 Å². The molecule has 3 unspecified atom stereocenters. The van der Waals surface area contributed by atoms with Crippen LogP contribution in [0.15, 0.2) is 24.3 Å². The van der Waals surface area contributed by atoms with Gasteiger partial charge in [-0.05, 0) is 107 Å². The summed E-state index contributed by atoms with van der Waals surface area (Å²) in [5.74, 6) is 1.94. The number of para-hydroxylation sites is 1. The van der Waals surface area contributed by atoms with E-state index in [4.69, 9.17) is 5.10 Å². The van der Waals surface area contributed by atoms with Gasteiger partial charge in [-0.25, -0.2) is 0 Å². The number of aryl methyl sites for hydroxylation is 2. The van der Waals surface area contributed by atoms with Crippen LogP contribution in [0.3, 0.4) is 0 Å². The number of nitrogens with zero attached hydrogens (tertiary/aromatic N) is 3. The molecular formula is C26H39N3. The summed E-state index contributed by atoms with van der Waals surface area (Å²) in [7, 11) is 0. The van der Waals surface area contributed by atoms with Crippen molar-refractivity contribution < 1.29 is 0 Å². The minimum atomic E-state index is 0.615. The van der Waals surface area contributed by atoms with Crippen molar-refractivity contribution in [3.63, 3.8) is 0 Å². The van der Waals surface area contributed by atoms with Gasteiger partial charge >= 0.3 is 0 Å². The van der Waals surface area contributed by atoms with E-state index >= 15 is 0 Å². The van der Waals surface area contributed by atoms with E-state index in [1.54, 1.807) is 0 Å². The predicted octanol–water partition coefficient (Wildman–Crippen LogP) is 6.06. The Balaban J connectivity index is 1.26. The van der Waals surface area contributed by atoms with Gasteiger partial charge in [0.1, 0.15) is 0 Å². The summed E-state index contributed by atoms with van der Waals surface area (Å²) in [5.41, 5.74) is 3.30. The number of aromatic nitrogens is 2. The molecule has 3 aliphatic rings. The van der Waals surface area contributed by atoms with E-state index in [-0.39, 0.29) is 0 Å². The summed E-state index contributed by atoms with van der Waals surface area (Å²) < 4.78 is 2.35. The minimum absolute atomic E-state index is 0.615. The summed E-state index contributed by atoms with van der Waals surface area (Å²) in [4.78, 5) is 2.66. The first kappa shape index (κ1) is 19.6. The molecule has 0 spiro atoms. The zero-order valence-electron chi connectivity index (χ0n) is 18.4. The van der Waals surface area contributed by atoms with Crippen molar-refractivity contribution >= 4 is 10.9 Å². The van der Waals surface area contributed by atoms with Gasteiger partial charge in [0.15, 0.2) is 0 Å². The standard InChI is InChI=1S/C26H39N3/c1-21-18-22-11-12-26(19-21,20-22)13-17-29-25-10-4-3-8-23(25)24(27-29)9-7-16-28-14-5-2-6-15-28/h3-4,8,10,21-22H,2,5-7,9,11-20H2,1H3. The van der Waals surface area contributed by atoms with Crippen molar-refractivity contribution in [1.29, 1.82) is 0 Å². The lowest BCUT2D eigenvalue weighted by molar-refractivity contribution is 0.142. The maximum Gasteiger partial charge on any atom is 0.0703 e. The van der Waals surface area contributed by atoms with Crippen LogP contribution in [0.1, 0.15) is 76.8 Å². The van der Waals surface area contributed by atoms with Gasteiger partial charge in [0.25, 0.3) is 0 Å². The fourth-order valence-corrected chi connectivity index (χ4v) is 6.98. The molecule has 3 heteroatoms. The Labute approximate surface area is 176 Å². The molecule has 2 aromatic rings. The monoisotopic (exact) mass is 393 g/mol. The molecule has 0 N–H and O–H groups in total. The summed E-state index contributed by atoms with van der Waals surface area (Å²) in [6, 6.07) is 8.95. The van der Waals surface area contributed by atoms with E-state index < -0.39 is 0 Å². The Morgan fingerprint density at radius 2 is 1.93 bits per heavy atom. The first-order valence-corrected chi connectivity index (χ1v) is 12.4. The highest BCUT2D eigenvalue weighted by molar-refractivity contribution is 5.81. The molecule has 1 aromatic heterocycles. The molecule has 0 amide bonds. The summed E-state index contributed by atoms with van der Waals surface area (Å²) in [5, 5.41) is 6.55. The summed E-state index contributed by atoms with van der Waals surface area (Å²) >= 11 is 0. The van der Waals surface area contributed by atoms with Gasteiger partial charge < -0.3 is 4.90 Å². The Hall–Kier alpha value is -1.35. The molecule has 158 valence electrons. The lowest BCUT2D eigenvalue weighted by Crippen LogP contribution is -2.30. The Bertz CT molecular complexity index is 818. The smallest absolute Gasteiger partial charge is 0.0703 e. The van der Waals surface area contributed by atoms with Gasteiger partial charge in [-0.3, -0.25) is 4.68 Å². The highest BCUT2D eigenvalue weighted by atomic mass is 15.3. The van der Waals surface area contributed by atoms with Crippen LogP contribution in [-0.2, 0) is 13.0 Å². The van der Waals surface area contributed by atoms with Gasteiger partial charge in [-0.2, -0.15) is 5.10 Å². The molecule has 3 atom stereocenters. The van der Waals surface area contributed by atoms with Crippen LogP contribution in [0.5, 0.6) is 0 Å². The molecule has 3 nitrogen and oxygen atoms in total. The summed E-state index contributed by atoms with van der Waals surface area (Å²) in [6.45, 7) is 7.43. The predicted molar refractivity (Wildman–Crippen MR) is 121 cm³/mol. The molecule has 29 heavy (non-hydrogen) atoms. The number of hydrogen-bond acceptors (Lipinski definition) is 2. The van der Waals surface area contributed by atoms with Gasteiger partial charge in [0, 0.05) is 11.9 Å². The molecule has 5 rings (SSSR count). The van der Waals surface area contributed by atoms with E-state index in [9.17, 15) is 0 Å². The van der Waals surface area contributed by atoms with Crippen LogP contribution in [0, 0.1) is 17.3 Å². The summed E-state index contributed by atoms with van der Waals surface area (Å²) in [6.07, 6.45) is 15.2. The molecule has 2 saturated carbocycles. The highest BCUT2D eigenvalue weighted by Gasteiger charge is 2.43. The molecule has 2 aliphatic carbocycles. The Morgan fingerprint density at radius 1 is 1.07 bits per heavy atom. The third-order valence-corrected chi connectivity index (χ3v) is 8.25. The maximum atomic E-state index is 5.15. The van der Waals surface area contributed by atoms with Crippen LogP contribution >= 0.6 is 0 Å². The van der Waals surface area contributed by atoms with E-state index in [2.05, 4.69) is 40.8 Å². The van der Waals surface area contributed by atoms with Crippen LogP contribution in [-0.4, -0.2) is 34.3 Å². The lowest BCUT2D eigenvalue weighted by atomic mass is 9.69. The van der Waals surface area contributed by atoms with E-state index in [1.807, 2.05) is 0 Å². The third kappa shape index (κ3) is 4.26. The topological polar surface area (TPSA) is 21.1 Å². The molecule has 1 saturated heterocycles. The number of benzene rings is 1. The van der Waals surface area contributed by atoms with E-state index in [0.29, 0.717) is 5.41 Å². The molecular weight excluding hydrogens is 354 g/mol. The molecule has 0 radical (unpaired) electrons. The van der Waals surface area contributed by atoms with Crippen molar-refractivity contribution in [2.75, 3.05) is 19.6 Å². The Kier molecular flexibility index (Phi) is 5.69. The van der Waals surface area contributed by atoms with Crippen molar-refractivity contribution in [3.8, 4) is 0 Å². The molecule has 3 fully saturated rings. The van der Waals surface area contributed by atoms with Gasteiger partial charge in [-0.15, -0.1) is 0 Å². The number of rotatable bonds is 7. The van der Waals surface area contributed by atoms with Crippen LogP contribution < -0.4 is 0 Å². The quantitative estimate of drug-likeness (QED) is 0.570. The largest absolute Gasteiger partial charge is 0.303 e. The second-order valence-corrected chi connectivity index (χ2v) is 10.6. The number of fused-ring (bicyclic) bond motifs is 3. The second kappa shape index (κ2) is 8.41. The third-order valence-electron chi connectivity index (χ3n) is 8.25. The first-order chi connectivity index (χ1) is 14.2. The molecule has 1 aromatic carbocycles. The maximum absolute atomic E-state index is 5.15. The zero-order chi connectivity index (χ0) is 19.7. The average molecular weight is 394 g/mol. The number of likely N-dealkylation sites (tertiary alicyclic amines) is 1. The fraction of sp³-hybridized carbons (Fsp3) is 0.731. The van der Waals surface area contributed by atoms with Crippen molar-refractivity contribution in [1.82, 2.24) is 14.7 Å². The number of piperidine rings is 1. The number of hydrogen-bond donors (Lipinski definition) is 0. The minimum Gasteiger partial charge on any atom is -0.303 e. The van der Waals surface area contributed by atoms with Crippen LogP contribution in [0.2, 0.25) is 0 Å². The Morgan fingerprint density at radius 3 is 2.83 bits per heavy atom. The SMILES string of the molecule is CC1CC2CCC(CCn3nc(CCCN4CCCCC4)c4ccccc43)(C1)C2. The average Bonchev–Trinajstić information content (AvgIpc) is 3.25. The van der Waals surface area contributed by atoms with Crippen molar-refractivity contribution in [3.05, 3.63) is 30.0 Å². The van der Waals surface area contributed by atoms with E-state index in [1.165, 1.54) is 100 Å². The lowest BCUT2D eigenvalue weighted by Gasteiger charge is -2.36. The van der Waals surface area contributed by atoms with Gasteiger partial charge in [-0.1, -0.05) is 31.5 Å². The van der Waals surface area contributed by atoms with Crippen molar-refractivity contribution in [2.24, 2.45) is 17.3 Å². The second-order valence-electron chi connectivity index (χ2n) is 10.6. The van der Waals surface area contributed by atoms with Crippen molar-refractivity contribution in [2.45, 2.75) is 84.1 Å². The molecule has 2 bridgehead atoms. The van der Waals surface area contributed by atoms with E-state index in [0.717, 1.165) is 24.8 Å². The molecule has 1 aliphatic heterocycles. The zero-order valence-corrected chi connectivity index (χ0v) is 18.4.